The van der Waals surface area contributed by atoms with Gasteiger partial charge in [0.05, 0.1) is 15.6 Å². The number of hydroxylamine groups is 1. The number of benzene rings is 2. The number of amides is 1. The Morgan fingerprint density at radius 3 is 2.50 bits per heavy atom. The lowest BCUT2D eigenvalue weighted by Gasteiger charge is -2.10. The number of ether oxygens (including phenoxy) is 1. The van der Waals surface area contributed by atoms with Crippen LogP contribution in [0, 0.1) is 0 Å². The second-order valence-corrected chi connectivity index (χ2v) is 5.11. The summed E-state index contributed by atoms with van der Waals surface area (Å²) in [5.74, 6) is 0.224. The van der Waals surface area contributed by atoms with Crippen LogP contribution in [0.2, 0.25) is 10.0 Å². The van der Waals surface area contributed by atoms with Gasteiger partial charge in [0.1, 0.15) is 19.0 Å². The lowest BCUT2D eigenvalue weighted by atomic mass is 10.2. The minimum atomic E-state index is -0.504. The standard InChI is InChI=1S/C15H14Cl2N2O3/c16-12-8-11(14(18)9-13(12)17)15(20)19-22-7-6-21-10-4-2-1-3-5-10/h1-5,8-9H,6-7,18H2,(H,19,20). The molecule has 0 spiro atoms. The number of nitrogens with one attached hydrogen (secondary N) is 1. The maximum atomic E-state index is 11.9. The van der Waals surface area contributed by atoms with Crippen LogP contribution in [0.25, 0.3) is 0 Å². The van der Waals surface area contributed by atoms with Gasteiger partial charge < -0.3 is 10.5 Å². The Kier molecular flexibility index (Phi) is 5.89. The first-order chi connectivity index (χ1) is 10.6. The lowest BCUT2D eigenvalue weighted by Crippen LogP contribution is -2.26. The molecular formula is C15H14Cl2N2O3. The number of halogens is 2. The highest BCUT2D eigenvalue weighted by atomic mass is 35.5. The summed E-state index contributed by atoms with van der Waals surface area (Å²) in [6.45, 7) is 0.475. The van der Waals surface area contributed by atoms with Gasteiger partial charge in [0.25, 0.3) is 5.91 Å². The third-order valence-corrected chi connectivity index (χ3v) is 3.42. The fourth-order valence-electron chi connectivity index (χ4n) is 1.65. The van der Waals surface area contributed by atoms with Crippen LogP contribution in [-0.4, -0.2) is 19.1 Å². The third-order valence-electron chi connectivity index (χ3n) is 2.70. The van der Waals surface area contributed by atoms with E-state index in [-0.39, 0.29) is 27.9 Å². The van der Waals surface area contributed by atoms with Gasteiger partial charge in [0, 0.05) is 5.69 Å². The Morgan fingerprint density at radius 2 is 1.77 bits per heavy atom. The van der Waals surface area contributed by atoms with Crippen LogP contribution < -0.4 is 16.0 Å². The molecule has 3 N–H and O–H groups in total. The average Bonchev–Trinajstić information content (AvgIpc) is 2.51. The molecule has 116 valence electrons. The van der Waals surface area contributed by atoms with Crippen LogP contribution in [-0.2, 0) is 4.84 Å². The molecule has 0 aliphatic carbocycles. The number of nitrogen functional groups attached to an aromatic ring is 1. The van der Waals surface area contributed by atoms with Crippen molar-refractivity contribution in [2.45, 2.75) is 0 Å². The highest BCUT2D eigenvalue weighted by Crippen LogP contribution is 2.27. The molecule has 0 unspecified atom stereocenters. The number of para-hydroxylation sites is 1. The van der Waals surface area contributed by atoms with E-state index in [9.17, 15) is 4.79 Å². The van der Waals surface area contributed by atoms with E-state index in [0.29, 0.717) is 6.61 Å². The molecule has 0 bridgehead atoms. The van der Waals surface area contributed by atoms with Gasteiger partial charge in [-0.15, -0.1) is 0 Å². The van der Waals surface area contributed by atoms with E-state index in [2.05, 4.69) is 5.48 Å². The summed E-state index contributed by atoms with van der Waals surface area (Å²) >= 11 is 11.7. The predicted octanol–water partition coefficient (Wildman–Crippen LogP) is 3.32. The fraction of sp³-hybridized carbons (Fsp3) is 0.133. The molecule has 22 heavy (non-hydrogen) atoms. The predicted molar refractivity (Wildman–Crippen MR) is 86.2 cm³/mol. The zero-order valence-electron chi connectivity index (χ0n) is 11.5. The Bertz CT molecular complexity index is 651. The number of hydrogen-bond acceptors (Lipinski definition) is 4. The van der Waals surface area contributed by atoms with Crippen molar-refractivity contribution in [3.8, 4) is 5.75 Å². The van der Waals surface area contributed by atoms with Crippen molar-refractivity contribution < 1.29 is 14.4 Å². The molecule has 0 saturated carbocycles. The van der Waals surface area contributed by atoms with Gasteiger partial charge in [-0.1, -0.05) is 41.4 Å². The molecule has 0 aliphatic heterocycles. The van der Waals surface area contributed by atoms with E-state index < -0.39 is 5.91 Å². The summed E-state index contributed by atoms with van der Waals surface area (Å²) in [7, 11) is 0. The van der Waals surface area contributed by atoms with Crippen LogP contribution in [0.4, 0.5) is 5.69 Å². The van der Waals surface area contributed by atoms with Crippen LogP contribution in [0.5, 0.6) is 5.75 Å². The van der Waals surface area contributed by atoms with E-state index in [1.165, 1.54) is 12.1 Å². The molecule has 0 atom stereocenters. The van der Waals surface area contributed by atoms with Crippen LogP contribution in [0.15, 0.2) is 42.5 Å². The molecule has 0 aromatic heterocycles. The maximum Gasteiger partial charge on any atom is 0.276 e. The molecule has 0 fully saturated rings. The zero-order valence-corrected chi connectivity index (χ0v) is 13.0. The Labute approximate surface area is 137 Å². The van der Waals surface area contributed by atoms with E-state index in [0.717, 1.165) is 5.75 Å². The fourth-order valence-corrected chi connectivity index (χ4v) is 1.98. The van der Waals surface area contributed by atoms with Crippen molar-refractivity contribution in [2.75, 3.05) is 18.9 Å². The van der Waals surface area contributed by atoms with Crippen molar-refractivity contribution in [1.82, 2.24) is 5.48 Å². The largest absolute Gasteiger partial charge is 0.491 e. The minimum absolute atomic E-state index is 0.182. The first-order valence-corrected chi connectivity index (χ1v) is 7.18. The molecule has 7 heteroatoms. The molecule has 5 nitrogen and oxygen atoms in total. The maximum absolute atomic E-state index is 11.9. The summed E-state index contributed by atoms with van der Waals surface area (Å²) in [4.78, 5) is 16.9. The number of hydrogen-bond donors (Lipinski definition) is 2. The number of anilines is 1. The number of carbonyl (C=O) groups excluding carboxylic acids is 1. The molecule has 2 aromatic carbocycles. The summed E-state index contributed by atoms with van der Waals surface area (Å²) in [6, 6.07) is 12.1. The smallest absolute Gasteiger partial charge is 0.276 e. The van der Waals surface area contributed by atoms with E-state index in [1.54, 1.807) is 0 Å². The van der Waals surface area contributed by atoms with Gasteiger partial charge in [0.2, 0.25) is 0 Å². The molecule has 0 saturated heterocycles. The highest BCUT2D eigenvalue weighted by Gasteiger charge is 2.12. The first kappa shape index (κ1) is 16.4. The number of carbonyl (C=O) groups is 1. The normalized spacial score (nSPS) is 10.3. The Balaban J connectivity index is 1.77. The molecular weight excluding hydrogens is 327 g/mol. The van der Waals surface area contributed by atoms with E-state index in [1.807, 2.05) is 30.3 Å². The summed E-state index contributed by atoms with van der Waals surface area (Å²) in [5.41, 5.74) is 8.40. The lowest BCUT2D eigenvalue weighted by molar-refractivity contribution is 0.0201. The van der Waals surface area contributed by atoms with Gasteiger partial charge in [0.15, 0.2) is 0 Å². The van der Waals surface area contributed by atoms with E-state index in [4.69, 9.17) is 38.5 Å². The zero-order chi connectivity index (χ0) is 15.9. The second-order valence-electron chi connectivity index (χ2n) is 4.29. The Morgan fingerprint density at radius 1 is 1.09 bits per heavy atom. The summed E-state index contributed by atoms with van der Waals surface area (Å²) < 4.78 is 5.41. The SMILES string of the molecule is Nc1cc(Cl)c(Cl)cc1C(=O)NOCCOc1ccccc1. The highest BCUT2D eigenvalue weighted by molar-refractivity contribution is 6.42. The van der Waals surface area contributed by atoms with Gasteiger partial charge in [-0.3, -0.25) is 9.63 Å². The van der Waals surface area contributed by atoms with Crippen molar-refractivity contribution in [2.24, 2.45) is 0 Å². The summed E-state index contributed by atoms with van der Waals surface area (Å²) in [5, 5.41) is 0.529. The molecule has 0 aliphatic rings. The number of nitrogens with two attached hydrogens (primary N) is 1. The van der Waals surface area contributed by atoms with Gasteiger partial charge in [-0.2, -0.15) is 0 Å². The quantitative estimate of drug-likeness (QED) is 0.480. The molecule has 0 radical (unpaired) electrons. The average molecular weight is 341 g/mol. The van der Waals surface area contributed by atoms with E-state index >= 15 is 0 Å². The van der Waals surface area contributed by atoms with Crippen LogP contribution >= 0.6 is 23.2 Å². The van der Waals surface area contributed by atoms with Crippen molar-refractivity contribution >= 4 is 34.8 Å². The molecule has 2 aromatic rings. The number of rotatable bonds is 6. The topological polar surface area (TPSA) is 73.6 Å². The minimum Gasteiger partial charge on any atom is -0.491 e. The monoisotopic (exact) mass is 340 g/mol. The molecule has 1 amide bonds. The van der Waals surface area contributed by atoms with Crippen molar-refractivity contribution in [3.05, 3.63) is 58.1 Å². The first-order valence-electron chi connectivity index (χ1n) is 6.42. The third kappa shape index (κ3) is 4.53. The van der Waals surface area contributed by atoms with Gasteiger partial charge >= 0.3 is 0 Å². The van der Waals surface area contributed by atoms with Gasteiger partial charge in [-0.05, 0) is 24.3 Å². The van der Waals surface area contributed by atoms with Gasteiger partial charge in [-0.25, -0.2) is 5.48 Å². The van der Waals surface area contributed by atoms with Crippen LogP contribution in [0.3, 0.4) is 0 Å². The molecule has 0 heterocycles. The summed E-state index contributed by atoms with van der Waals surface area (Å²) in [6.07, 6.45) is 0. The van der Waals surface area contributed by atoms with Crippen molar-refractivity contribution in [1.29, 1.82) is 0 Å². The van der Waals surface area contributed by atoms with Crippen molar-refractivity contribution in [3.63, 3.8) is 0 Å². The Hall–Kier alpha value is -1.95. The molecule has 2 rings (SSSR count). The van der Waals surface area contributed by atoms with Crippen LogP contribution in [0.1, 0.15) is 10.4 Å². The second kappa shape index (κ2) is 7.89.